The van der Waals surface area contributed by atoms with Crippen LogP contribution in [0.3, 0.4) is 0 Å². The summed E-state index contributed by atoms with van der Waals surface area (Å²) >= 11 is 0. The smallest absolute Gasteiger partial charge is 0.285 e. The van der Waals surface area contributed by atoms with Crippen molar-refractivity contribution in [2.45, 2.75) is 19.0 Å². The van der Waals surface area contributed by atoms with Gasteiger partial charge in [-0.3, -0.25) is 24.3 Å². The number of nitro groups is 1. The number of hydrazone groups is 1. The van der Waals surface area contributed by atoms with E-state index in [2.05, 4.69) is 5.10 Å². The Labute approximate surface area is 183 Å². The van der Waals surface area contributed by atoms with Crippen molar-refractivity contribution < 1.29 is 14.5 Å². The summed E-state index contributed by atoms with van der Waals surface area (Å²) < 4.78 is 6.25. The molecule has 0 spiro atoms. The summed E-state index contributed by atoms with van der Waals surface area (Å²) in [6.45, 7) is -0.362. The van der Waals surface area contributed by atoms with Gasteiger partial charge in [-0.05, 0) is 23.3 Å². The second-order valence-corrected chi connectivity index (χ2v) is 7.25. The number of pyridine rings is 1. The Hall–Kier alpha value is -4.27. The van der Waals surface area contributed by atoms with Crippen molar-refractivity contribution >= 4 is 17.3 Å². The van der Waals surface area contributed by atoms with E-state index in [-0.39, 0.29) is 18.3 Å². The van der Waals surface area contributed by atoms with Crippen LogP contribution in [-0.2, 0) is 11.3 Å². The van der Waals surface area contributed by atoms with Crippen molar-refractivity contribution in [3.63, 3.8) is 0 Å². The zero-order valence-corrected chi connectivity index (χ0v) is 17.2. The molecule has 2 heterocycles. The summed E-state index contributed by atoms with van der Waals surface area (Å²) in [5.41, 5.74) is 1.73. The first-order chi connectivity index (χ1) is 15.5. The van der Waals surface area contributed by atoms with E-state index in [1.165, 1.54) is 5.01 Å². The van der Waals surface area contributed by atoms with Crippen LogP contribution in [0.25, 0.3) is 0 Å². The average Bonchev–Trinajstić information content (AvgIpc) is 3.27. The van der Waals surface area contributed by atoms with Gasteiger partial charge >= 0.3 is 0 Å². The van der Waals surface area contributed by atoms with Crippen LogP contribution in [0, 0.1) is 10.1 Å². The van der Waals surface area contributed by atoms with Gasteiger partial charge in [-0.1, -0.05) is 42.5 Å². The lowest BCUT2D eigenvalue weighted by Gasteiger charge is -2.22. The summed E-state index contributed by atoms with van der Waals surface area (Å²) in [6.07, 6.45) is 1.56. The third-order valence-corrected chi connectivity index (χ3v) is 5.26. The Morgan fingerprint density at radius 2 is 1.84 bits per heavy atom. The van der Waals surface area contributed by atoms with E-state index in [9.17, 15) is 19.7 Å². The number of rotatable bonds is 6. The maximum absolute atomic E-state index is 13.2. The van der Waals surface area contributed by atoms with E-state index in [4.69, 9.17) is 4.74 Å². The highest BCUT2D eigenvalue weighted by molar-refractivity contribution is 6.03. The average molecular weight is 432 g/mol. The van der Waals surface area contributed by atoms with Gasteiger partial charge in [0, 0.05) is 18.6 Å². The van der Waals surface area contributed by atoms with Gasteiger partial charge in [0.25, 0.3) is 17.2 Å². The van der Waals surface area contributed by atoms with Gasteiger partial charge < -0.3 is 4.74 Å². The van der Waals surface area contributed by atoms with E-state index >= 15 is 0 Å². The molecule has 0 saturated heterocycles. The highest BCUT2D eigenvalue weighted by atomic mass is 16.6. The Balaban J connectivity index is 1.67. The third kappa shape index (κ3) is 4.27. The summed E-state index contributed by atoms with van der Waals surface area (Å²) in [7, 11) is 1.58. The first kappa shape index (κ1) is 21.0. The molecule has 0 fully saturated rings. The molecule has 0 unspecified atom stereocenters. The van der Waals surface area contributed by atoms with Gasteiger partial charge in [-0.2, -0.15) is 5.10 Å². The highest BCUT2D eigenvalue weighted by Crippen LogP contribution is 2.33. The Bertz CT molecular complexity index is 1240. The minimum Gasteiger partial charge on any atom is -0.497 e. The second-order valence-electron chi connectivity index (χ2n) is 7.25. The van der Waals surface area contributed by atoms with Crippen LogP contribution in [0.4, 0.5) is 5.69 Å². The quantitative estimate of drug-likeness (QED) is 0.439. The van der Waals surface area contributed by atoms with E-state index in [0.717, 1.165) is 39.7 Å². The largest absolute Gasteiger partial charge is 0.497 e. The lowest BCUT2D eigenvalue weighted by atomic mass is 9.98. The third-order valence-electron chi connectivity index (χ3n) is 5.26. The fourth-order valence-electron chi connectivity index (χ4n) is 3.60. The molecule has 162 valence electrons. The summed E-state index contributed by atoms with van der Waals surface area (Å²) in [5.74, 6) is 0.247. The van der Waals surface area contributed by atoms with Gasteiger partial charge in [0.1, 0.15) is 12.3 Å². The maximum Gasteiger partial charge on any atom is 0.285 e. The highest BCUT2D eigenvalue weighted by Gasteiger charge is 2.33. The van der Waals surface area contributed by atoms with Crippen molar-refractivity contribution in [2.24, 2.45) is 5.10 Å². The molecule has 0 radical (unpaired) electrons. The first-order valence-corrected chi connectivity index (χ1v) is 9.90. The zero-order chi connectivity index (χ0) is 22.7. The van der Waals surface area contributed by atoms with Crippen LogP contribution in [0.15, 0.2) is 82.8 Å². The number of methoxy groups -OCH3 is 1. The van der Waals surface area contributed by atoms with Gasteiger partial charge in [-0.15, -0.1) is 0 Å². The SMILES string of the molecule is COc1ccc([C@@H]2CC(c3ccccc3)=NN2C(=O)Cn2cc([N+](=O)[O-])ccc2=O)cc1. The number of ether oxygens (including phenoxy) is 1. The molecule has 1 aliphatic heterocycles. The van der Waals surface area contributed by atoms with E-state index in [1.54, 1.807) is 7.11 Å². The van der Waals surface area contributed by atoms with Crippen LogP contribution >= 0.6 is 0 Å². The van der Waals surface area contributed by atoms with E-state index < -0.39 is 16.4 Å². The predicted octanol–water partition coefficient (Wildman–Crippen LogP) is 3.14. The van der Waals surface area contributed by atoms with Gasteiger partial charge in [0.15, 0.2) is 0 Å². The molecule has 9 nitrogen and oxygen atoms in total. The lowest BCUT2D eigenvalue weighted by Crippen LogP contribution is -2.33. The topological polar surface area (TPSA) is 107 Å². The number of carbonyl (C=O) groups excluding carboxylic acids is 1. The summed E-state index contributed by atoms with van der Waals surface area (Å²) in [5, 5.41) is 17.0. The Kier molecular flexibility index (Phi) is 5.80. The molecule has 1 atom stereocenters. The zero-order valence-electron chi connectivity index (χ0n) is 17.2. The number of carbonyl (C=O) groups is 1. The molecule has 0 bridgehead atoms. The lowest BCUT2D eigenvalue weighted by molar-refractivity contribution is -0.385. The molecule has 0 aliphatic carbocycles. The van der Waals surface area contributed by atoms with Crippen molar-refractivity contribution in [1.29, 1.82) is 0 Å². The number of benzene rings is 2. The number of nitrogens with zero attached hydrogens (tertiary/aromatic N) is 4. The number of amides is 1. The Morgan fingerprint density at radius 3 is 2.50 bits per heavy atom. The molecule has 9 heteroatoms. The van der Waals surface area contributed by atoms with Crippen molar-refractivity contribution in [3.8, 4) is 5.75 Å². The Morgan fingerprint density at radius 1 is 1.12 bits per heavy atom. The van der Waals surface area contributed by atoms with Crippen LogP contribution in [-0.4, -0.2) is 33.2 Å². The van der Waals surface area contributed by atoms with Crippen LogP contribution < -0.4 is 10.3 Å². The molecule has 1 aliphatic rings. The molecular weight excluding hydrogens is 412 g/mol. The van der Waals surface area contributed by atoms with Crippen LogP contribution in [0.5, 0.6) is 5.75 Å². The molecular formula is C23H20N4O5. The van der Waals surface area contributed by atoms with Crippen LogP contribution in [0.2, 0.25) is 0 Å². The molecule has 0 N–H and O–H groups in total. The normalized spacial score (nSPS) is 15.3. The standard InChI is InChI=1S/C23H20N4O5/c1-32-19-10-7-17(8-11-19)21-13-20(16-5-3-2-4-6-16)24-26(21)23(29)15-25-14-18(27(30)31)9-12-22(25)28/h2-12,14,21H,13,15H2,1H3/t21-/m0/s1. The van der Waals surface area contributed by atoms with Crippen molar-refractivity contribution in [3.05, 3.63) is 105 Å². The van der Waals surface area contributed by atoms with Gasteiger partial charge in [0.2, 0.25) is 0 Å². The monoisotopic (exact) mass is 432 g/mol. The van der Waals surface area contributed by atoms with E-state index in [1.807, 2.05) is 54.6 Å². The van der Waals surface area contributed by atoms with Crippen LogP contribution in [0.1, 0.15) is 23.6 Å². The van der Waals surface area contributed by atoms with Crippen molar-refractivity contribution in [2.75, 3.05) is 7.11 Å². The van der Waals surface area contributed by atoms with Crippen molar-refractivity contribution in [1.82, 2.24) is 9.58 Å². The molecule has 4 rings (SSSR count). The number of hydrogen-bond acceptors (Lipinski definition) is 6. The summed E-state index contributed by atoms with van der Waals surface area (Å²) in [6, 6.07) is 18.7. The van der Waals surface area contributed by atoms with E-state index in [0.29, 0.717) is 12.2 Å². The predicted molar refractivity (Wildman–Crippen MR) is 118 cm³/mol. The van der Waals surface area contributed by atoms with Gasteiger partial charge in [-0.25, -0.2) is 5.01 Å². The molecule has 1 aromatic heterocycles. The summed E-state index contributed by atoms with van der Waals surface area (Å²) in [4.78, 5) is 35.8. The molecule has 3 aromatic rings. The molecule has 0 saturated carbocycles. The fraction of sp³-hybridized carbons (Fsp3) is 0.174. The van der Waals surface area contributed by atoms with Gasteiger partial charge in [0.05, 0.1) is 30.0 Å². The maximum atomic E-state index is 13.2. The molecule has 2 aromatic carbocycles. The molecule has 1 amide bonds. The number of aromatic nitrogens is 1. The minimum atomic E-state index is -0.609. The number of hydrogen-bond donors (Lipinski definition) is 0. The second kappa shape index (κ2) is 8.84. The molecule has 32 heavy (non-hydrogen) atoms. The first-order valence-electron chi connectivity index (χ1n) is 9.90. The minimum absolute atomic E-state index is 0.265. The fourth-order valence-corrected chi connectivity index (χ4v) is 3.60.